The molecule has 1 aromatic carbocycles. The molecule has 0 saturated heterocycles. The van der Waals surface area contributed by atoms with Crippen molar-refractivity contribution in [2.75, 3.05) is 5.73 Å². The SMILES string of the molecule is Cc1cc(N)cc(S(=O)(=O)NCc2ccncn2)c1. The molecule has 0 atom stereocenters. The number of benzene rings is 1. The van der Waals surface area contributed by atoms with Crippen LogP contribution in [-0.4, -0.2) is 18.4 Å². The first kappa shape index (κ1) is 13.4. The van der Waals surface area contributed by atoms with E-state index in [0.29, 0.717) is 11.4 Å². The fourth-order valence-corrected chi connectivity index (χ4v) is 2.74. The van der Waals surface area contributed by atoms with Gasteiger partial charge in [0.05, 0.1) is 17.1 Å². The first-order chi connectivity index (χ1) is 8.97. The van der Waals surface area contributed by atoms with E-state index in [4.69, 9.17) is 5.73 Å². The molecule has 0 radical (unpaired) electrons. The number of hydrogen-bond acceptors (Lipinski definition) is 5. The van der Waals surface area contributed by atoms with Gasteiger partial charge in [0.2, 0.25) is 10.0 Å². The Hall–Kier alpha value is -1.99. The van der Waals surface area contributed by atoms with E-state index in [2.05, 4.69) is 14.7 Å². The molecular weight excluding hydrogens is 264 g/mol. The summed E-state index contributed by atoms with van der Waals surface area (Å²) in [6.07, 6.45) is 2.93. The van der Waals surface area contributed by atoms with E-state index in [1.165, 1.54) is 12.4 Å². The van der Waals surface area contributed by atoms with Gasteiger partial charge in [0, 0.05) is 11.9 Å². The van der Waals surface area contributed by atoms with Crippen LogP contribution in [0.2, 0.25) is 0 Å². The number of rotatable bonds is 4. The van der Waals surface area contributed by atoms with Crippen LogP contribution in [0.25, 0.3) is 0 Å². The van der Waals surface area contributed by atoms with Crippen molar-refractivity contribution in [3.05, 3.63) is 48.0 Å². The second-order valence-electron chi connectivity index (χ2n) is 4.10. The summed E-state index contributed by atoms with van der Waals surface area (Å²) in [6.45, 7) is 1.90. The van der Waals surface area contributed by atoms with E-state index in [1.54, 1.807) is 31.3 Å². The quantitative estimate of drug-likeness (QED) is 0.808. The van der Waals surface area contributed by atoms with Crippen LogP contribution in [0, 0.1) is 6.92 Å². The van der Waals surface area contributed by atoms with Crippen LogP contribution in [0.4, 0.5) is 5.69 Å². The van der Waals surface area contributed by atoms with Gasteiger partial charge in [-0.15, -0.1) is 0 Å². The molecule has 2 aromatic rings. The maximum Gasteiger partial charge on any atom is 0.241 e. The topological polar surface area (TPSA) is 98.0 Å². The van der Waals surface area contributed by atoms with Gasteiger partial charge >= 0.3 is 0 Å². The fourth-order valence-electron chi connectivity index (χ4n) is 1.61. The largest absolute Gasteiger partial charge is 0.399 e. The van der Waals surface area contributed by atoms with Crippen molar-refractivity contribution < 1.29 is 8.42 Å². The third kappa shape index (κ3) is 3.49. The van der Waals surface area contributed by atoms with Crippen molar-refractivity contribution in [1.29, 1.82) is 0 Å². The van der Waals surface area contributed by atoms with E-state index >= 15 is 0 Å². The molecule has 0 aliphatic carbocycles. The van der Waals surface area contributed by atoms with Crippen molar-refractivity contribution in [3.63, 3.8) is 0 Å². The number of nitrogens with zero attached hydrogens (tertiary/aromatic N) is 2. The predicted molar refractivity (Wildman–Crippen MR) is 71.6 cm³/mol. The highest BCUT2D eigenvalue weighted by Gasteiger charge is 2.14. The lowest BCUT2D eigenvalue weighted by Gasteiger charge is -2.08. The van der Waals surface area contributed by atoms with Gasteiger partial charge in [-0.3, -0.25) is 0 Å². The molecule has 0 bridgehead atoms. The number of sulfonamides is 1. The Kier molecular flexibility index (Phi) is 3.77. The van der Waals surface area contributed by atoms with Crippen LogP contribution < -0.4 is 10.5 Å². The summed E-state index contributed by atoms with van der Waals surface area (Å²) in [4.78, 5) is 7.87. The van der Waals surface area contributed by atoms with Gasteiger partial charge in [-0.25, -0.2) is 23.1 Å². The van der Waals surface area contributed by atoms with Crippen molar-refractivity contribution in [1.82, 2.24) is 14.7 Å². The van der Waals surface area contributed by atoms with Crippen LogP contribution in [-0.2, 0) is 16.6 Å². The van der Waals surface area contributed by atoms with E-state index in [0.717, 1.165) is 5.56 Å². The monoisotopic (exact) mass is 278 g/mol. The number of aryl methyl sites for hydroxylation is 1. The van der Waals surface area contributed by atoms with Gasteiger partial charge in [-0.2, -0.15) is 0 Å². The lowest BCUT2D eigenvalue weighted by molar-refractivity contribution is 0.580. The summed E-state index contributed by atoms with van der Waals surface area (Å²) in [5.41, 5.74) is 7.46. The minimum atomic E-state index is -3.59. The predicted octanol–water partition coefficient (Wildman–Crippen LogP) is 0.846. The molecule has 0 amide bonds. The zero-order valence-electron chi connectivity index (χ0n) is 10.4. The van der Waals surface area contributed by atoms with Crippen molar-refractivity contribution in [3.8, 4) is 0 Å². The molecule has 0 spiro atoms. The Labute approximate surface area is 111 Å². The van der Waals surface area contributed by atoms with Gasteiger partial charge in [0.25, 0.3) is 0 Å². The summed E-state index contributed by atoms with van der Waals surface area (Å²) in [5, 5.41) is 0. The maximum atomic E-state index is 12.1. The molecule has 0 fully saturated rings. The average Bonchev–Trinajstić information content (AvgIpc) is 2.37. The molecule has 19 heavy (non-hydrogen) atoms. The van der Waals surface area contributed by atoms with E-state index < -0.39 is 10.0 Å². The Morgan fingerprint density at radius 3 is 2.74 bits per heavy atom. The second kappa shape index (κ2) is 5.33. The average molecular weight is 278 g/mol. The van der Waals surface area contributed by atoms with Gasteiger partial charge in [-0.1, -0.05) is 0 Å². The maximum absolute atomic E-state index is 12.1. The zero-order valence-corrected chi connectivity index (χ0v) is 11.2. The molecular formula is C12H14N4O2S. The van der Waals surface area contributed by atoms with Gasteiger partial charge in [0.1, 0.15) is 6.33 Å². The Morgan fingerprint density at radius 2 is 2.11 bits per heavy atom. The lowest BCUT2D eigenvalue weighted by Crippen LogP contribution is -2.24. The highest BCUT2D eigenvalue weighted by atomic mass is 32.2. The molecule has 0 aliphatic rings. The summed E-state index contributed by atoms with van der Waals surface area (Å²) >= 11 is 0. The molecule has 0 unspecified atom stereocenters. The third-order valence-corrected chi connectivity index (χ3v) is 3.85. The minimum absolute atomic E-state index is 0.110. The van der Waals surface area contributed by atoms with Crippen LogP contribution in [0.15, 0.2) is 41.7 Å². The molecule has 2 rings (SSSR count). The molecule has 3 N–H and O–H groups in total. The molecule has 100 valence electrons. The van der Waals surface area contributed by atoms with Gasteiger partial charge in [-0.05, 0) is 36.8 Å². The normalized spacial score (nSPS) is 11.4. The second-order valence-corrected chi connectivity index (χ2v) is 5.87. The van der Waals surface area contributed by atoms with Crippen molar-refractivity contribution in [2.45, 2.75) is 18.4 Å². The van der Waals surface area contributed by atoms with E-state index in [9.17, 15) is 8.42 Å². The van der Waals surface area contributed by atoms with Crippen LogP contribution >= 0.6 is 0 Å². The Bertz CT molecular complexity index is 651. The Morgan fingerprint density at radius 1 is 1.32 bits per heavy atom. The highest BCUT2D eigenvalue weighted by molar-refractivity contribution is 7.89. The smallest absolute Gasteiger partial charge is 0.241 e. The van der Waals surface area contributed by atoms with Crippen molar-refractivity contribution >= 4 is 15.7 Å². The van der Waals surface area contributed by atoms with E-state index in [-0.39, 0.29) is 11.4 Å². The lowest BCUT2D eigenvalue weighted by atomic mass is 10.2. The van der Waals surface area contributed by atoms with Gasteiger partial charge in [0.15, 0.2) is 0 Å². The fraction of sp³-hybridized carbons (Fsp3) is 0.167. The Balaban J connectivity index is 2.19. The number of hydrogen-bond donors (Lipinski definition) is 2. The number of aromatic nitrogens is 2. The standard InChI is InChI=1S/C12H14N4O2S/c1-9-4-10(13)6-12(5-9)19(17,18)16-7-11-2-3-14-8-15-11/h2-6,8,16H,7,13H2,1H3. The molecule has 6 nitrogen and oxygen atoms in total. The van der Waals surface area contributed by atoms with Crippen molar-refractivity contribution in [2.24, 2.45) is 0 Å². The molecule has 0 saturated carbocycles. The first-order valence-electron chi connectivity index (χ1n) is 5.59. The zero-order chi connectivity index (χ0) is 13.9. The number of nitrogen functional groups attached to an aromatic ring is 1. The van der Waals surface area contributed by atoms with Crippen LogP contribution in [0.5, 0.6) is 0 Å². The number of nitrogens with one attached hydrogen (secondary N) is 1. The minimum Gasteiger partial charge on any atom is -0.399 e. The number of nitrogens with two attached hydrogens (primary N) is 1. The molecule has 0 aliphatic heterocycles. The van der Waals surface area contributed by atoms with Crippen LogP contribution in [0.3, 0.4) is 0 Å². The molecule has 1 heterocycles. The first-order valence-corrected chi connectivity index (χ1v) is 7.07. The summed E-state index contributed by atoms with van der Waals surface area (Å²) in [6, 6.07) is 6.35. The molecule has 7 heteroatoms. The highest BCUT2D eigenvalue weighted by Crippen LogP contribution is 2.16. The summed E-state index contributed by atoms with van der Waals surface area (Å²) in [5.74, 6) is 0. The third-order valence-electron chi connectivity index (χ3n) is 2.47. The van der Waals surface area contributed by atoms with Crippen LogP contribution in [0.1, 0.15) is 11.3 Å². The van der Waals surface area contributed by atoms with E-state index in [1.807, 2.05) is 0 Å². The molecule has 1 aromatic heterocycles. The number of anilines is 1. The summed E-state index contributed by atoms with van der Waals surface area (Å²) in [7, 11) is -3.59. The summed E-state index contributed by atoms with van der Waals surface area (Å²) < 4.78 is 26.7. The van der Waals surface area contributed by atoms with Gasteiger partial charge < -0.3 is 5.73 Å².